The first kappa shape index (κ1) is 16.1. The van der Waals surface area contributed by atoms with Gasteiger partial charge in [-0.2, -0.15) is 0 Å². The minimum Gasteiger partial charge on any atom is -0.349 e. The Balaban J connectivity index is 1.68. The minimum atomic E-state index is -0.301. The highest BCUT2D eigenvalue weighted by Crippen LogP contribution is 2.21. The van der Waals surface area contributed by atoms with Crippen molar-refractivity contribution in [2.75, 3.05) is 10.6 Å². The molecule has 2 heterocycles. The van der Waals surface area contributed by atoms with Crippen LogP contribution >= 0.6 is 15.9 Å². The lowest BCUT2D eigenvalue weighted by atomic mass is 10.3. The van der Waals surface area contributed by atoms with E-state index in [0.717, 1.165) is 10.2 Å². The molecule has 120 valence electrons. The lowest BCUT2D eigenvalue weighted by Crippen LogP contribution is -2.15. The molecule has 3 rings (SSSR count). The van der Waals surface area contributed by atoms with E-state index in [9.17, 15) is 4.79 Å². The van der Waals surface area contributed by atoms with Gasteiger partial charge in [0.05, 0.1) is 17.9 Å². The van der Waals surface area contributed by atoms with Gasteiger partial charge in [-0.3, -0.25) is 9.78 Å². The van der Waals surface area contributed by atoms with Gasteiger partial charge in [0.25, 0.3) is 5.91 Å². The van der Waals surface area contributed by atoms with Crippen molar-refractivity contribution < 1.29 is 4.79 Å². The third-order valence-electron chi connectivity index (χ3n) is 3.16. The van der Waals surface area contributed by atoms with Gasteiger partial charge in [-0.05, 0) is 46.3 Å². The van der Waals surface area contributed by atoms with E-state index < -0.39 is 0 Å². The van der Waals surface area contributed by atoms with Crippen LogP contribution in [-0.4, -0.2) is 20.9 Å². The number of hydrogen-bond acceptors (Lipinski definition) is 5. The summed E-state index contributed by atoms with van der Waals surface area (Å²) in [5.41, 5.74) is 1.83. The Morgan fingerprint density at radius 3 is 2.62 bits per heavy atom. The Labute approximate surface area is 147 Å². The first-order valence-electron chi connectivity index (χ1n) is 7.25. The molecular formula is C17H14BrN5O. The summed E-state index contributed by atoms with van der Waals surface area (Å²) in [5.74, 6) is 0.0746. The normalized spacial score (nSPS) is 10.2. The number of nitrogens with zero attached hydrogens (tertiary/aromatic N) is 3. The van der Waals surface area contributed by atoms with Gasteiger partial charge >= 0.3 is 0 Å². The minimum absolute atomic E-state index is 0.282. The van der Waals surface area contributed by atoms with Crippen LogP contribution in [0.15, 0.2) is 65.4 Å². The van der Waals surface area contributed by atoms with Crippen molar-refractivity contribution in [1.29, 1.82) is 0 Å². The topological polar surface area (TPSA) is 79.8 Å². The summed E-state index contributed by atoms with van der Waals surface area (Å²) in [5, 5.41) is 5.87. The van der Waals surface area contributed by atoms with Gasteiger partial charge in [0, 0.05) is 16.9 Å². The molecule has 1 aromatic carbocycles. The average molecular weight is 384 g/mol. The van der Waals surface area contributed by atoms with E-state index in [2.05, 4.69) is 41.5 Å². The van der Waals surface area contributed by atoms with Crippen molar-refractivity contribution in [3.63, 3.8) is 0 Å². The molecule has 0 aliphatic carbocycles. The second-order valence-electron chi connectivity index (χ2n) is 4.87. The van der Waals surface area contributed by atoms with Crippen LogP contribution in [0.2, 0.25) is 0 Å². The zero-order valence-electron chi connectivity index (χ0n) is 12.6. The van der Waals surface area contributed by atoms with Gasteiger partial charge in [-0.1, -0.05) is 18.2 Å². The first-order chi connectivity index (χ1) is 11.7. The maximum atomic E-state index is 12.3. The van der Waals surface area contributed by atoms with Crippen molar-refractivity contribution in [3.05, 3.63) is 76.8 Å². The van der Waals surface area contributed by atoms with Gasteiger partial charge < -0.3 is 10.6 Å². The third kappa shape index (κ3) is 4.14. The monoisotopic (exact) mass is 383 g/mol. The molecule has 0 spiro atoms. The van der Waals surface area contributed by atoms with Crippen LogP contribution in [0.5, 0.6) is 0 Å². The second kappa shape index (κ2) is 7.65. The van der Waals surface area contributed by atoms with Gasteiger partial charge in [0.2, 0.25) is 5.95 Å². The number of amides is 1. The Morgan fingerprint density at radius 1 is 1.00 bits per heavy atom. The predicted octanol–water partition coefficient (Wildman–Crippen LogP) is 3.50. The Bertz CT molecular complexity index is 841. The van der Waals surface area contributed by atoms with Crippen molar-refractivity contribution in [1.82, 2.24) is 15.0 Å². The molecular weight excluding hydrogens is 370 g/mol. The number of rotatable bonds is 5. The van der Waals surface area contributed by atoms with E-state index in [1.165, 1.54) is 0 Å². The average Bonchev–Trinajstić information content (AvgIpc) is 2.63. The molecule has 0 atom stereocenters. The number of benzene rings is 1. The number of pyridine rings is 1. The fourth-order valence-electron chi connectivity index (χ4n) is 1.99. The van der Waals surface area contributed by atoms with Crippen LogP contribution < -0.4 is 10.6 Å². The van der Waals surface area contributed by atoms with Crippen LogP contribution in [-0.2, 0) is 6.54 Å². The number of aromatic nitrogens is 3. The third-order valence-corrected chi connectivity index (χ3v) is 3.86. The van der Waals surface area contributed by atoms with E-state index in [4.69, 9.17) is 0 Å². The number of hydrogen-bond donors (Lipinski definition) is 2. The van der Waals surface area contributed by atoms with Crippen LogP contribution in [0.3, 0.4) is 0 Å². The molecule has 0 unspecified atom stereocenters. The molecule has 0 saturated carbocycles. The first-order valence-corrected chi connectivity index (χ1v) is 8.04. The summed E-state index contributed by atoms with van der Waals surface area (Å²) >= 11 is 3.40. The lowest BCUT2D eigenvalue weighted by Gasteiger charge is -2.08. The lowest BCUT2D eigenvalue weighted by molar-refractivity contribution is 0.102. The highest BCUT2D eigenvalue weighted by Gasteiger charge is 2.10. The van der Waals surface area contributed by atoms with Gasteiger partial charge in [-0.15, -0.1) is 0 Å². The van der Waals surface area contributed by atoms with Crippen molar-refractivity contribution in [2.45, 2.75) is 6.54 Å². The second-order valence-corrected chi connectivity index (χ2v) is 5.73. The summed E-state index contributed by atoms with van der Waals surface area (Å²) < 4.78 is 0.806. The Morgan fingerprint density at radius 2 is 1.83 bits per heavy atom. The number of carbonyl (C=O) groups is 1. The van der Waals surface area contributed by atoms with Gasteiger partial charge in [0.1, 0.15) is 5.69 Å². The number of halogens is 1. The summed E-state index contributed by atoms with van der Waals surface area (Å²) in [6.07, 6.45) is 3.27. The standard InChI is InChI=1S/C17H14BrN5O/c18-13-6-1-2-7-14(13)22-16(24)15-8-10-20-17(23-15)21-11-12-5-3-4-9-19-12/h1-10H,11H2,(H,22,24)(H,20,21,23). The number of nitrogens with one attached hydrogen (secondary N) is 2. The molecule has 2 aromatic heterocycles. The number of anilines is 2. The van der Waals surface area contributed by atoms with Crippen molar-refractivity contribution in [3.8, 4) is 0 Å². The molecule has 24 heavy (non-hydrogen) atoms. The molecule has 0 bridgehead atoms. The fraction of sp³-hybridized carbons (Fsp3) is 0.0588. The molecule has 3 aromatic rings. The summed E-state index contributed by atoms with van der Waals surface area (Å²) in [4.78, 5) is 24.9. The fourth-order valence-corrected chi connectivity index (χ4v) is 2.38. The maximum absolute atomic E-state index is 12.3. The predicted molar refractivity (Wildman–Crippen MR) is 95.7 cm³/mol. The van der Waals surface area contributed by atoms with Crippen molar-refractivity contribution in [2.24, 2.45) is 0 Å². The van der Waals surface area contributed by atoms with E-state index in [1.807, 2.05) is 42.5 Å². The van der Waals surface area contributed by atoms with E-state index in [1.54, 1.807) is 18.5 Å². The molecule has 0 aliphatic rings. The van der Waals surface area contributed by atoms with Crippen LogP contribution in [0.25, 0.3) is 0 Å². The molecule has 2 N–H and O–H groups in total. The van der Waals surface area contributed by atoms with Gasteiger partial charge in [-0.25, -0.2) is 9.97 Å². The summed E-state index contributed by atoms with van der Waals surface area (Å²) in [6.45, 7) is 0.482. The highest BCUT2D eigenvalue weighted by atomic mass is 79.9. The zero-order chi connectivity index (χ0) is 16.8. The largest absolute Gasteiger partial charge is 0.349 e. The highest BCUT2D eigenvalue weighted by molar-refractivity contribution is 9.10. The number of para-hydroxylation sites is 1. The molecule has 1 amide bonds. The molecule has 0 saturated heterocycles. The molecule has 0 radical (unpaired) electrons. The smallest absolute Gasteiger partial charge is 0.274 e. The summed E-state index contributed by atoms with van der Waals surface area (Å²) in [6, 6.07) is 14.6. The van der Waals surface area contributed by atoms with E-state index >= 15 is 0 Å². The maximum Gasteiger partial charge on any atom is 0.274 e. The Kier molecular flexibility index (Phi) is 5.12. The molecule has 7 heteroatoms. The van der Waals surface area contributed by atoms with Gasteiger partial charge in [0.15, 0.2) is 0 Å². The van der Waals surface area contributed by atoms with Crippen molar-refractivity contribution >= 4 is 33.5 Å². The molecule has 6 nitrogen and oxygen atoms in total. The van der Waals surface area contributed by atoms with Crippen LogP contribution in [0.1, 0.15) is 16.2 Å². The summed E-state index contributed by atoms with van der Waals surface area (Å²) in [7, 11) is 0. The van der Waals surface area contributed by atoms with Crippen LogP contribution in [0, 0.1) is 0 Å². The molecule has 0 aliphatic heterocycles. The Hall–Kier alpha value is -2.80. The number of carbonyl (C=O) groups excluding carboxylic acids is 1. The van der Waals surface area contributed by atoms with Crippen LogP contribution in [0.4, 0.5) is 11.6 Å². The molecule has 0 fully saturated rings. The SMILES string of the molecule is O=C(Nc1ccccc1Br)c1ccnc(NCc2ccccn2)n1. The van der Waals surface area contributed by atoms with E-state index in [0.29, 0.717) is 18.2 Å². The van der Waals surface area contributed by atoms with E-state index in [-0.39, 0.29) is 11.6 Å². The zero-order valence-corrected chi connectivity index (χ0v) is 14.2. The quantitative estimate of drug-likeness (QED) is 0.704.